The molecule has 3 aromatic rings. The van der Waals surface area contributed by atoms with E-state index in [0.717, 1.165) is 29.9 Å². The molecule has 2 heterocycles. The summed E-state index contributed by atoms with van der Waals surface area (Å²) in [6, 6.07) is 7.59. The van der Waals surface area contributed by atoms with Crippen LogP contribution in [0, 0.1) is 0 Å². The van der Waals surface area contributed by atoms with Gasteiger partial charge in [-0.05, 0) is 42.7 Å². The van der Waals surface area contributed by atoms with E-state index in [-0.39, 0.29) is 0 Å². The number of H-pyrrole nitrogens is 1. The molecule has 1 aromatic carbocycles. The van der Waals surface area contributed by atoms with Crippen molar-refractivity contribution in [2.75, 3.05) is 18.7 Å². The highest BCUT2D eigenvalue weighted by atomic mass is 32.2. The Morgan fingerprint density at radius 2 is 2.09 bits per heavy atom. The molecular weight excluding hydrogens is 312 g/mol. The van der Waals surface area contributed by atoms with Crippen molar-refractivity contribution in [1.82, 2.24) is 25.1 Å². The fourth-order valence-electron chi connectivity index (χ4n) is 2.17. The van der Waals surface area contributed by atoms with E-state index in [2.05, 4.69) is 20.4 Å². The number of nitrogens with one attached hydrogen (secondary N) is 1. The van der Waals surface area contributed by atoms with E-state index in [4.69, 9.17) is 10.6 Å². The van der Waals surface area contributed by atoms with Crippen LogP contribution in [0.25, 0.3) is 11.4 Å². The van der Waals surface area contributed by atoms with Crippen molar-refractivity contribution in [2.24, 2.45) is 0 Å². The lowest BCUT2D eigenvalue weighted by Gasteiger charge is -2.04. The lowest BCUT2D eigenvalue weighted by Crippen LogP contribution is -2.11. The molecule has 0 aliphatic rings. The van der Waals surface area contributed by atoms with Crippen molar-refractivity contribution in [3.05, 3.63) is 42.2 Å². The Morgan fingerprint density at radius 1 is 1.26 bits per heavy atom. The summed E-state index contributed by atoms with van der Waals surface area (Å²) < 4.78 is 6.68. The molecule has 0 saturated carbocycles. The Bertz CT molecular complexity index is 738. The number of thioether (sulfide) groups is 1. The standard InChI is InChI=1S/C15H18N6OS/c1-22-13-6-4-12(5-7-13)14-19-20-15(21(14)16)23-8-2-3-11-9-17-18-10-11/h4-7,9-10H,2-3,8,16H2,1H3,(H,17,18). The number of nitrogens with zero attached hydrogens (tertiary/aromatic N) is 4. The predicted molar refractivity (Wildman–Crippen MR) is 89.8 cm³/mol. The van der Waals surface area contributed by atoms with Gasteiger partial charge in [0.25, 0.3) is 0 Å². The van der Waals surface area contributed by atoms with E-state index in [1.54, 1.807) is 18.9 Å². The summed E-state index contributed by atoms with van der Waals surface area (Å²) in [5, 5.41) is 15.8. The van der Waals surface area contributed by atoms with Crippen LogP contribution in [-0.2, 0) is 6.42 Å². The Morgan fingerprint density at radius 3 is 2.78 bits per heavy atom. The molecule has 0 bridgehead atoms. The van der Waals surface area contributed by atoms with E-state index in [1.165, 1.54) is 10.2 Å². The maximum Gasteiger partial charge on any atom is 0.210 e. The van der Waals surface area contributed by atoms with Gasteiger partial charge in [-0.15, -0.1) is 10.2 Å². The zero-order valence-corrected chi connectivity index (χ0v) is 13.6. The summed E-state index contributed by atoms with van der Waals surface area (Å²) in [4.78, 5) is 0. The number of benzene rings is 1. The third-order valence-corrected chi connectivity index (χ3v) is 4.44. The van der Waals surface area contributed by atoms with Crippen LogP contribution in [-0.4, -0.2) is 37.9 Å². The number of methoxy groups -OCH3 is 1. The highest BCUT2D eigenvalue weighted by molar-refractivity contribution is 7.99. The summed E-state index contributed by atoms with van der Waals surface area (Å²) in [6.07, 6.45) is 5.76. The summed E-state index contributed by atoms with van der Waals surface area (Å²) in [7, 11) is 1.64. The Balaban J connectivity index is 1.59. The summed E-state index contributed by atoms with van der Waals surface area (Å²) in [5.41, 5.74) is 2.12. The fourth-order valence-corrected chi connectivity index (χ4v) is 2.96. The van der Waals surface area contributed by atoms with Gasteiger partial charge in [0.2, 0.25) is 5.16 Å². The second-order valence-corrected chi connectivity index (χ2v) is 6.03. The first-order chi connectivity index (χ1) is 11.3. The van der Waals surface area contributed by atoms with E-state index in [1.807, 2.05) is 36.7 Å². The maximum atomic E-state index is 6.11. The monoisotopic (exact) mass is 330 g/mol. The van der Waals surface area contributed by atoms with E-state index in [9.17, 15) is 0 Å². The van der Waals surface area contributed by atoms with Crippen LogP contribution in [0.1, 0.15) is 12.0 Å². The number of hydrogen-bond donors (Lipinski definition) is 2. The van der Waals surface area contributed by atoms with Gasteiger partial charge >= 0.3 is 0 Å². The first-order valence-corrected chi connectivity index (χ1v) is 8.22. The van der Waals surface area contributed by atoms with Crippen LogP contribution in [0.4, 0.5) is 0 Å². The van der Waals surface area contributed by atoms with E-state index in [0.29, 0.717) is 11.0 Å². The highest BCUT2D eigenvalue weighted by Crippen LogP contribution is 2.24. The second-order valence-electron chi connectivity index (χ2n) is 4.96. The number of nitrogens with two attached hydrogens (primary N) is 1. The van der Waals surface area contributed by atoms with Crippen molar-refractivity contribution in [1.29, 1.82) is 0 Å². The minimum Gasteiger partial charge on any atom is -0.497 e. The number of aromatic nitrogens is 5. The molecule has 23 heavy (non-hydrogen) atoms. The Hall–Kier alpha value is -2.48. The first-order valence-electron chi connectivity index (χ1n) is 7.23. The van der Waals surface area contributed by atoms with Gasteiger partial charge in [-0.1, -0.05) is 11.8 Å². The molecule has 0 spiro atoms. The predicted octanol–water partition coefficient (Wildman–Crippen LogP) is 2.12. The lowest BCUT2D eigenvalue weighted by molar-refractivity contribution is 0.415. The SMILES string of the molecule is COc1ccc(-c2nnc(SCCCc3cn[nH]c3)n2N)cc1. The topological polar surface area (TPSA) is 94.6 Å². The molecule has 3 rings (SSSR count). The molecule has 120 valence electrons. The number of aryl methyl sites for hydroxylation is 1. The summed E-state index contributed by atoms with van der Waals surface area (Å²) >= 11 is 1.60. The Kier molecular flexibility index (Phi) is 4.82. The minimum absolute atomic E-state index is 0.644. The van der Waals surface area contributed by atoms with Gasteiger partial charge in [0.15, 0.2) is 5.82 Å². The molecule has 2 aromatic heterocycles. The van der Waals surface area contributed by atoms with E-state index >= 15 is 0 Å². The average Bonchev–Trinajstić information content (AvgIpc) is 3.22. The number of aromatic amines is 1. The van der Waals surface area contributed by atoms with Gasteiger partial charge in [0, 0.05) is 17.5 Å². The number of nitrogen functional groups attached to an aromatic ring is 1. The van der Waals surface area contributed by atoms with Crippen LogP contribution in [0.5, 0.6) is 5.75 Å². The summed E-state index contributed by atoms with van der Waals surface area (Å²) in [5.74, 6) is 8.47. The molecule has 0 atom stereocenters. The molecular formula is C15H18N6OS. The van der Waals surface area contributed by atoms with Crippen molar-refractivity contribution < 1.29 is 4.74 Å². The molecule has 0 radical (unpaired) electrons. The van der Waals surface area contributed by atoms with Gasteiger partial charge in [-0.25, -0.2) is 4.68 Å². The quantitative estimate of drug-likeness (QED) is 0.391. The van der Waals surface area contributed by atoms with Gasteiger partial charge in [0.1, 0.15) is 5.75 Å². The average molecular weight is 330 g/mol. The third-order valence-electron chi connectivity index (χ3n) is 3.41. The Labute approximate surface area is 138 Å². The largest absolute Gasteiger partial charge is 0.497 e. The zero-order chi connectivity index (χ0) is 16.1. The number of rotatable bonds is 7. The lowest BCUT2D eigenvalue weighted by atomic mass is 10.2. The van der Waals surface area contributed by atoms with Crippen molar-refractivity contribution >= 4 is 11.8 Å². The smallest absolute Gasteiger partial charge is 0.210 e. The summed E-state index contributed by atoms with van der Waals surface area (Å²) in [6.45, 7) is 0. The molecule has 0 aliphatic carbocycles. The second kappa shape index (κ2) is 7.19. The molecule has 3 N–H and O–H groups in total. The highest BCUT2D eigenvalue weighted by Gasteiger charge is 2.12. The van der Waals surface area contributed by atoms with Crippen LogP contribution in [0.3, 0.4) is 0 Å². The van der Waals surface area contributed by atoms with Gasteiger partial charge in [0.05, 0.1) is 13.3 Å². The maximum absolute atomic E-state index is 6.11. The fraction of sp³-hybridized carbons (Fsp3) is 0.267. The van der Waals surface area contributed by atoms with Gasteiger partial charge < -0.3 is 10.6 Å². The number of ether oxygens (including phenoxy) is 1. The third kappa shape index (κ3) is 3.65. The first kappa shape index (κ1) is 15.4. The van der Waals surface area contributed by atoms with Crippen molar-refractivity contribution in [2.45, 2.75) is 18.0 Å². The van der Waals surface area contributed by atoms with Crippen molar-refractivity contribution in [3.8, 4) is 17.1 Å². The normalized spacial score (nSPS) is 10.8. The van der Waals surface area contributed by atoms with Crippen LogP contribution in [0.2, 0.25) is 0 Å². The van der Waals surface area contributed by atoms with Crippen LogP contribution in [0.15, 0.2) is 41.8 Å². The van der Waals surface area contributed by atoms with Crippen molar-refractivity contribution in [3.63, 3.8) is 0 Å². The van der Waals surface area contributed by atoms with Crippen LogP contribution >= 0.6 is 11.8 Å². The molecule has 0 fully saturated rings. The van der Waals surface area contributed by atoms with E-state index < -0.39 is 0 Å². The molecule has 0 saturated heterocycles. The van der Waals surface area contributed by atoms with Gasteiger partial charge in [-0.2, -0.15) is 5.10 Å². The molecule has 0 amide bonds. The molecule has 0 unspecified atom stereocenters. The molecule has 7 nitrogen and oxygen atoms in total. The molecule has 0 aliphatic heterocycles. The number of hydrogen-bond acceptors (Lipinski definition) is 6. The minimum atomic E-state index is 0.644. The van der Waals surface area contributed by atoms with Gasteiger partial charge in [-0.3, -0.25) is 5.10 Å². The zero-order valence-electron chi connectivity index (χ0n) is 12.8. The molecule has 8 heteroatoms. The van der Waals surface area contributed by atoms with Crippen LogP contribution < -0.4 is 10.6 Å².